The molecule has 1 N–H and O–H groups in total. The lowest BCUT2D eigenvalue weighted by Crippen LogP contribution is -2.47. The Bertz CT molecular complexity index is 396. The van der Waals surface area contributed by atoms with E-state index in [0.717, 1.165) is 31.9 Å². The SMILES string of the molecule is COCCNC(C)(c1nc(C)c(C)s1)C1CCOC1. The van der Waals surface area contributed by atoms with Crippen LogP contribution in [0.3, 0.4) is 0 Å². The van der Waals surface area contributed by atoms with Crippen molar-refractivity contribution in [3.05, 3.63) is 15.6 Å². The Balaban J connectivity index is 2.21. The van der Waals surface area contributed by atoms with Gasteiger partial charge in [0, 0.05) is 31.1 Å². The van der Waals surface area contributed by atoms with Crippen LogP contribution in [0.5, 0.6) is 0 Å². The van der Waals surface area contributed by atoms with Gasteiger partial charge < -0.3 is 14.8 Å². The molecule has 4 nitrogen and oxygen atoms in total. The van der Waals surface area contributed by atoms with Gasteiger partial charge in [0.1, 0.15) is 5.01 Å². The number of hydrogen-bond donors (Lipinski definition) is 1. The van der Waals surface area contributed by atoms with E-state index < -0.39 is 0 Å². The number of hydrogen-bond acceptors (Lipinski definition) is 5. The second-order valence-electron chi connectivity index (χ2n) is 5.34. The number of ether oxygens (including phenoxy) is 2. The molecule has 1 fully saturated rings. The summed E-state index contributed by atoms with van der Waals surface area (Å²) in [4.78, 5) is 6.06. The number of methoxy groups -OCH3 is 1. The van der Waals surface area contributed by atoms with Crippen LogP contribution in [0.25, 0.3) is 0 Å². The monoisotopic (exact) mass is 284 g/mol. The number of aromatic nitrogens is 1. The van der Waals surface area contributed by atoms with Crippen molar-refractivity contribution in [1.29, 1.82) is 0 Å². The molecule has 1 aliphatic rings. The summed E-state index contributed by atoms with van der Waals surface area (Å²) in [7, 11) is 1.73. The first-order valence-corrected chi connectivity index (χ1v) is 7.65. The summed E-state index contributed by atoms with van der Waals surface area (Å²) < 4.78 is 10.7. The molecule has 0 spiro atoms. The number of rotatable bonds is 6. The summed E-state index contributed by atoms with van der Waals surface area (Å²) in [6.07, 6.45) is 1.09. The first-order chi connectivity index (χ1) is 9.08. The molecule has 0 aromatic carbocycles. The first-order valence-electron chi connectivity index (χ1n) is 6.84. The predicted molar refractivity (Wildman–Crippen MR) is 77.7 cm³/mol. The van der Waals surface area contributed by atoms with Crippen LogP contribution in [0.4, 0.5) is 0 Å². The molecule has 5 heteroatoms. The van der Waals surface area contributed by atoms with Gasteiger partial charge >= 0.3 is 0 Å². The third kappa shape index (κ3) is 3.16. The fourth-order valence-electron chi connectivity index (χ4n) is 2.49. The van der Waals surface area contributed by atoms with Crippen LogP contribution in [-0.2, 0) is 15.0 Å². The minimum absolute atomic E-state index is 0.112. The van der Waals surface area contributed by atoms with Crippen LogP contribution >= 0.6 is 11.3 Å². The largest absolute Gasteiger partial charge is 0.383 e. The molecule has 108 valence electrons. The van der Waals surface area contributed by atoms with Crippen molar-refractivity contribution < 1.29 is 9.47 Å². The van der Waals surface area contributed by atoms with E-state index in [4.69, 9.17) is 14.5 Å². The molecular formula is C14H24N2O2S. The van der Waals surface area contributed by atoms with Crippen molar-refractivity contribution in [2.45, 2.75) is 32.7 Å². The van der Waals surface area contributed by atoms with Gasteiger partial charge in [-0.05, 0) is 27.2 Å². The molecule has 0 aliphatic carbocycles. The van der Waals surface area contributed by atoms with E-state index in [2.05, 4.69) is 26.1 Å². The Morgan fingerprint density at radius 3 is 2.84 bits per heavy atom. The molecule has 0 bridgehead atoms. The topological polar surface area (TPSA) is 43.4 Å². The van der Waals surface area contributed by atoms with E-state index >= 15 is 0 Å². The third-order valence-corrected chi connectivity index (χ3v) is 5.33. The highest BCUT2D eigenvalue weighted by molar-refractivity contribution is 7.11. The second-order valence-corrected chi connectivity index (χ2v) is 6.55. The molecular weight excluding hydrogens is 260 g/mol. The Hall–Kier alpha value is -0.490. The molecule has 0 radical (unpaired) electrons. The van der Waals surface area contributed by atoms with E-state index in [-0.39, 0.29) is 5.54 Å². The lowest BCUT2D eigenvalue weighted by molar-refractivity contribution is 0.138. The molecule has 1 aromatic heterocycles. The molecule has 2 rings (SSSR count). The number of aryl methyl sites for hydroxylation is 2. The maximum atomic E-state index is 5.57. The summed E-state index contributed by atoms with van der Waals surface area (Å²) in [5, 5.41) is 4.81. The maximum Gasteiger partial charge on any atom is 0.113 e. The van der Waals surface area contributed by atoms with Crippen LogP contribution in [0.1, 0.15) is 28.9 Å². The van der Waals surface area contributed by atoms with Gasteiger partial charge in [-0.25, -0.2) is 4.98 Å². The van der Waals surface area contributed by atoms with Gasteiger partial charge in [-0.3, -0.25) is 0 Å². The minimum atomic E-state index is -0.112. The number of nitrogens with one attached hydrogen (secondary N) is 1. The number of thiazole rings is 1. The van der Waals surface area contributed by atoms with Crippen molar-refractivity contribution in [3.63, 3.8) is 0 Å². The average molecular weight is 284 g/mol. The van der Waals surface area contributed by atoms with Gasteiger partial charge in [0.05, 0.1) is 24.4 Å². The highest BCUT2D eigenvalue weighted by atomic mass is 32.1. The third-order valence-electron chi connectivity index (χ3n) is 4.02. The van der Waals surface area contributed by atoms with Gasteiger partial charge in [-0.15, -0.1) is 11.3 Å². The summed E-state index contributed by atoms with van der Waals surface area (Å²) in [5.74, 6) is 0.481. The van der Waals surface area contributed by atoms with Gasteiger partial charge in [0.25, 0.3) is 0 Å². The Kier molecular flexibility index (Phi) is 4.95. The van der Waals surface area contributed by atoms with Crippen LogP contribution in [0.15, 0.2) is 0 Å². The standard InChI is InChI=1S/C14H24N2O2S/c1-10-11(2)19-13(16-10)14(3,15-6-8-17-4)12-5-7-18-9-12/h12,15H,5-9H2,1-4H3. The molecule has 2 unspecified atom stereocenters. The molecule has 19 heavy (non-hydrogen) atoms. The van der Waals surface area contributed by atoms with Gasteiger partial charge in [0.2, 0.25) is 0 Å². The van der Waals surface area contributed by atoms with Gasteiger partial charge in [-0.2, -0.15) is 0 Å². The summed E-state index contributed by atoms with van der Waals surface area (Å²) in [6.45, 7) is 9.68. The summed E-state index contributed by atoms with van der Waals surface area (Å²) >= 11 is 1.80. The minimum Gasteiger partial charge on any atom is -0.383 e. The zero-order valence-electron chi connectivity index (χ0n) is 12.3. The van der Waals surface area contributed by atoms with Gasteiger partial charge in [0.15, 0.2) is 0 Å². The van der Waals surface area contributed by atoms with Crippen LogP contribution < -0.4 is 5.32 Å². The Morgan fingerprint density at radius 1 is 1.53 bits per heavy atom. The van der Waals surface area contributed by atoms with E-state index in [9.17, 15) is 0 Å². The van der Waals surface area contributed by atoms with E-state index in [1.54, 1.807) is 18.4 Å². The smallest absolute Gasteiger partial charge is 0.113 e. The number of nitrogens with zero attached hydrogens (tertiary/aromatic N) is 1. The van der Waals surface area contributed by atoms with Crippen molar-refractivity contribution in [2.24, 2.45) is 5.92 Å². The normalized spacial score (nSPS) is 22.6. The lowest BCUT2D eigenvalue weighted by Gasteiger charge is -2.34. The van der Waals surface area contributed by atoms with Crippen molar-refractivity contribution >= 4 is 11.3 Å². The predicted octanol–water partition coefficient (Wildman–Crippen LogP) is 2.25. The highest BCUT2D eigenvalue weighted by Gasteiger charge is 2.40. The zero-order valence-corrected chi connectivity index (χ0v) is 13.1. The van der Waals surface area contributed by atoms with Crippen molar-refractivity contribution in [2.75, 3.05) is 33.5 Å². The second kappa shape index (κ2) is 6.31. The molecule has 2 heterocycles. The fourth-order valence-corrected chi connectivity index (χ4v) is 3.61. The van der Waals surface area contributed by atoms with E-state index in [1.165, 1.54) is 9.88 Å². The quantitative estimate of drug-likeness (QED) is 0.814. The van der Waals surface area contributed by atoms with E-state index in [1.807, 2.05) is 0 Å². The van der Waals surface area contributed by atoms with E-state index in [0.29, 0.717) is 12.5 Å². The Morgan fingerprint density at radius 2 is 2.32 bits per heavy atom. The molecule has 1 aromatic rings. The zero-order chi connectivity index (χ0) is 13.9. The van der Waals surface area contributed by atoms with Gasteiger partial charge in [-0.1, -0.05) is 0 Å². The first kappa shape index (κ1) is 14.9. The van der Waals surface area contributed by atoms with Crippen LogP contribution in [0, 0.1) is 19.8 Å². The van der Waals surface area contributed by atoms with Crippen molar-refractivity contribution in [3.8, 4) is 0 Å². The molecule has 1 aliphatic heterocycles. The summed E-state index contributed by atoms with van der Waals surface area (Å²) in [5.41, 5.74) is 1.03. The average Bonchev–Trinajstić information content (AvgIpc) is 3.01. The molecule has 2 atom stereocenters. The van der Waals surface area contributed by atoms with Crippen molar-refractivity contribution in [1.82, 2.24) is 10.3 Å². The molecule has 0 amide bonds. The summed E-state index contributed by atoms with van der Waals surface area (Å²) in [6, 6.07) is 0. The lowest BCUT2D eigenvalue weighted by atomic mass is 9.85. The van der Waals surface area contributed by atoms with Crippen LogP contribution in [-0.4, -0.2) is 38.5 Å². The molecule has 0 saturated carbocycles. The van der Waals surface area contributed by atoms with Crippen LogP contribution in [0.2, 0.25) is 0 Å². The molecule has 1 saturated heterocycles. The highest BCUT2D eigenvalue weighted by Crippen LogP contribution is 2.37. The maximum absolute atomic E-state index is 5.57. The fraction of sp³-hybridized carbons (Fsp3) is 0.786. The Labute approximate surface area is 119 Å².